The Morgan fingerprint density at radius 3 is 2.58 bits per heavy atom. The molecule has 0 radical (unpaired) electrons. The van der Waals surface area contributed by atoms with E-state index in [-0.39, 0.29) is 17.5 Å². The topological polar surface area (TPSA) is 116 Å². The average Bonchev–Trinajstić information content (AvgIpc) is 3.12. The summed E-state index contributed by atoms with van der Waals surface area (Å²) in [6.07, 6.45) is 1.64. The largest absolute Gasteiger partial charge is 0.366 e. The first-order chi connectivity index (χ1) is 12.5. The zero-order chi connectivity index (χ0) is 18.7. The Labute approximate surface area is 150 Å². The molecule has 132 valence electrons. The Hall–Kier alpha value is -3.55. The van der Waals surface area contributed by atoms with Gasteiger partial charge in [-0.25, -0.2) is 4.98 Å². The van der Waals surface area contributed by atoms with Crippen LogP contribution in [-0.4, -0.2) is 31.6 Å². The lowest BCUT2D eigenvalue weighted by molar-refractivity contribution is 0.1000. The lowest BCUT2D eigenvalue weighted by Crippen LogP contribution is -2.16. The van der Waals surface area contributed by atoms with Crippen LogP contribution < -0.4 is 11.1 Å². The number of nitrogens with one attached hydrogen (secondary N) is 1. The van der Waals surface area contributed by atoms with Crippen molar-refractivity contribution in [1.82, 2.24) is 19.7 Å². The van der Waals surface area contributed by atoms with E-state index in [1.165, 1.54) is 6.07 Å². The third-order valence-corrected chi connectivity index (χ3v) is 3.76. The molecule has 0 saturated carbocycles. The van der Waals surface area contributed by atoms with Crippen LogP contribution in [0.1, 0.15) is 40.6 Å². The number of nitrogens with two attached hydrogens (primary N) is 1. The molecule has 8 nitrogen and oxygen atoms in total. The summed E-state index contributed by atoms with van der Waals surface area (Å²) in [4.78, 5) is 28.1. The van der Waals surface area contributed by atoms with E-state index in [2.05, 4.69) is 20.5 Å². The van der Waals surface area contributed by atoms with Gasteiger partial charge in [0.25, 0.3) is 5.91 Å². The van der Waals surface area contributed by atoms with Gasteiger partial charge in [-0.2, -0.15) is 0 Å². The first kappa shape index (κ1) is 17.3. The molecule has 0 aliphatic heterocycles. The molecule has 0 aliphatic carbocycles. The number of aromatic nitrogens is 4. The monoisotopic (exact) mass is 350 g/mol. The summed E-state index contributed by atoms with van der Waals surface area (Å²) in [6, 6.07) is 11.6. The second-order valence-electron chi connectivity index (χ2n) is 5.96. The van der Waals surface area contributed by atoms with E-state index in [9.17, 15) is 9.59 Å². The van der Waals surface area contributed by atoms with Gasteiger partial charge in [0.15, 0.2) is 5.82 Å². The van der Waals surface area contributed by atoms with Gasteiger partial charge in [-0.15, -0.1) is 10.2 Å². The number of nitrogens with zero attached hydrogens (tertiary/aromatic N) is 4. The number of pyridine rings is 1. The maximum Gasteiger partial charge on any atom is 0.256 e. The van der Waals surface area contributed by atoms with Crippen LogP contribution in [0, 0.1) is 0 Å². The molecule has 0 spiro atoms. The maximum atomic E-state index is 12.4. The van der Waals surface area contributed by atoms with Gasteiger partial charge in [-0.1, -0.05) is 12.1 Å². The minimum Gasteiger partial charge on any atom is -0.366 e. The van der Waals surface area contributed by atoms with Crippen LogP contribution in [0.5, 0.6) is 0 Å². The fourth-order valence-corrected chi connectivity index (χ4v) is 2.43. The number of anilines is 1. The smallest absolute Gasteiger partial charge is 0.256 e. The molecule has 0 saturated heterocycles. The van der Waals surface area contributed by atoms with Gasteiger partial charge in [-0.3, -0.25) is 9.59 Å². The summed E-state index contributed by atoms with van der Waals surface area (Å²) in [5, 5.41) is 10.7. The lowest BCUT2D eigenvalue weighted by Gasteiger charge is -2.10. The SMILES string of the molecule is CC(C)n1cnnc1-c1cccc(NC(=O)c2cccc(C(N)=O)c2)n1. The van der Waals surface area contributed by atoms with Crippen LogP contribution in [-0.2, 0) is 0 Å². The molecule has 2 aromatic heterocycles. The Balaban J connectivity index is 1.85. The number of benzene rings is 1. The van der Waals surface area contributed by atoms with Gasteiger partial charge in [0.05, 0.1) is 0 Å². The summed E-state index contributed by atoms with van der Waals surface area (Å²) < 4.78 is 1.89. The highest BCUT2D eigenvalue weighted by Crippen LogP contribution is 2.20. The molecule has 0 bridgehead atoms. The summed E-state index contributed by atoms with van der Waals surface area (Å²) in [7, 11) is 0. The molecule has 26 heavy (non-hydrogen) atoms. The summed E-state index contributed by atoms with van der Waals surface area (Å²) >= 11 is 0. The predicted octanol–water partition coefficient (Wildman–Crippen LogP) is 2.27. The molecule has 0 aliphatic rings. The maximum absolute atomic E-state index is 12.4. The first-order valence-corrected chi connectivity index (χ1v) is 8.04. The highest BCUT2D eigenvalue weighted by atomic mass is 16.2. The molecule has 3 N–H and O–H groups in total. The van der Waals surface area contributed by atoms with E-state index in [4.69, 9.17) is 5.73 Å². The predicted molar refractivity (Wildman–Crippen MR) is 96.6 cm³/mol. The molecule has 2 amide bonds. The van der Waals surface area contributed by atoms with Crippen LogP contribution >= 0.6 is 0 Å². The van der Waals surface area contributed by atoms with Crippen molar-refractivity contribution >= 4 is 17.6 Å². The zero-order valence-corrected chi connectivity index (χ0v) is 14.4. The van der Waals surface area contributed by atoms with Gasteiger partial charge >= 0.3 is 0 Å². The number of carbonyl (C=O) groups is 2. The zero-order valence-electron chi connectivity index (χ0n) is 14.4. The second-order valence-corrected chi connectivity index (χ2v) is 5.96. The van der Waals surface area contributed by atoms with E-state index in [0.717, 1.165) is 0 Å². The van der Waals surface area contributed by atoms with Crippen molar-refractivity contribution in [2.75, 3.05) is 5.32 Å². The van der Waals surface area contributed by atoms with Gasteiger partial charge in [0.1, 0.15) is 17.8 Å². The number of hydrogen-bond donors (Lipinski definition) is 2. The van der Waals surface area contributed by atoms with Crippen LogP contribution in [0.2, 0.25) is 0 Å². The van der Waals surface area contributed by atoms with Crippen LogP contribution in [0.4, 0.5) is 5.82 Å². The number of hydrogen-bond acceptors (Lipinski definition) is 5. The Bertz CT molecular complexity index is 964. The molecule has 0 unspecified atom stereocenters. The molecule has 1 aromatic carbocycles. The quantitative estimate of drug-likeness (QED) is 0.732. The second kappa shape index (κ2) is 7.14. The third kappa shape index (κ3) is 3.59. The number of carbonyl (C=O) groups excluding carboxylic acids is 2. The van der Waals surface area contributed by atoms with E-state index >= 15 is 0 Å². The van der Waals surface area contributed by atoms with Crippen LogP contribution in [0.25, 0.3) is 11.5 Å². The molecule has 3 aromatic rings. The molecular formula is C18H18N6O2. The molecular weight excluding hydrogens is 332 g/mol. The van der Waals surface area contributed by atoms with E-state index in [0.29, 0.717) is 22.9 Å². The van der Waals surface area contributed by atoms with Crippen LogP contribution in [0.15, 0.2) is 48.8 Å². The van der Waals surface area contributed by atoms with E-state index in [1.807, 2.05) is 18.4 Å². The molecule has 0 fully saturated rings. The van der Waals surface area contributed by atoms with Crippen LogP contribution in [0.3, 0.4) is 0 Å². The standard InChI is InChI=1S/C18H18N6O2/c1-11(2)24-10-20-23-17(24)14-7-4-8-15(21-14)22-18(26)13-6-3-5-12(9-13)16(19)25/h3-11H,1-2H3,(H2,19,25)(H,21,22,26). The van der Waals surface area contributed by atoms with Crippen molar-refractivity contribution in [2.24, 2.45) is 5.73 Å². The lowest BCUT2D eigenvalue weighted by atomic mass is 10.1. The minimum absolute atomic E-state index is 0.177. The van der Waals surface area contributed by atoms with Gasteiger partial charge in [0.2, 0.25) is 5.91 Å². The fourth-order valence-electron chi connectivity index (χ4n) is 2.43. The third-order valence-electron chi connectivity index (χ3n) is 3.76. The van der Waals surface area contributed by atoms with Gasteiger partial charge < -0.3 is 15.6 Å². The highest BCUT2D eigenvalue weighted by molar-refractivity contribution is 6.05. The first-order valence-electron chi connectivity index (χ1n) is 8.04. The molecule has 0 atom stereocenters. The Morgan fingerprint density at radius 1 is 1.12 bits per heavy atom. The number of rotatable bonds is 5. The fraction of sp³-hybridized carbons (Fsp3) is 0.167. The highest BCUT2D eigenvalue weighted by Gasteiger charge is 2.13. The molecule has 3 rings (SSSR count). The van der Waals surface area contributed by atoms with Crippen molar-refractivity contribution in [3.05, 3.63) is 59.9 Å². The minimum atomic E-state index is -0.590. The average molecular weight is 350 g/mol. The van der Waals surface area contributed by atoms with Crippen molar-refractivity contribution in [2.45, 2.75) is 19.9 Å². The van der Waals surface area contributed by atoms with Crippen molar-refractivity contribution in [3.63, 3.8) is 0 Å². The number of primary amides is 1. The van der Waals surface area contributed by atoms with Gasteiger partial charge in [0, 0.05) is 17.2 Å². The number of amides is 2. The summed E-state index contributed by atoms with van der Waals surface area (Å²) in [5.41, 5.74) is 6.43. The Morgan fingerprint density at radius 2 is 1.85 bits per heavy atom. The summed E-state index contributed by atoms with van der Waals surface area (Å²) in [6.45, 7) is 4.04. The van der Waals surface area contributed by atoms with Gasteiger partial charge in [-0.05, 0) is 44.2 Å². The molecule has 2 heterocycles. The molecule has 8 heteroatoms. The van der Waals surface area contributed by atoms with Crippen molar-refractivity contribution in [1.29, 1.82) is 0 Å². The Kier molecular flexibility index (Phi) is 4.74. The summed E-state index contributed by atoms with van der Waals surface area (Å²) in [5.74, 6) is 0.0120. The van der Waals surface area contributed by atoms with Crippen molar-refractivity contribution in [3.8, 4) is 11.5 Å². The van der Waals surface area contributed by atoms with E-state index < -0.39 is 5.91 Å². The normalized spacial score (nSPS) is 10.7. The van der Waals surface area contributed by atoms with Crippen molar-refractivity contribution < 1.29 is 9.59 Å². The van der Waals surface area contributed by atoms with E-state index in [1.54, 1.807) is 42.7 Å².